The van der Waals surface area contributed by atoms with Crippen molar-refractivity contribution < 1.29 is 14.1 Å². The Morgan fingerprint density at radius 3 is 2.95 bits per heavy atom. The van der Waals surface area contributed by atoms with E-state index in [4.69, 9.17) is 10.2 Å². The van der Waals surface area contributed by atoms with Crippen LogP contribution in [-0.2, 0) is 5.75 Å². The van der Waals surface area contributed by atoms with E-state index in [0.717, 1.165) is 10.7 Å². The first kappa shape index (κ1) is 15.6. The lowest BCUT2D eigenvalue weighted by atomic mass is 10.2. The normalized spacial score (nSPS) is 10.7. The number of nitrogens with zero attached hydrogens (tertiary/aromatic N) is 2. The number of nitro benzene ring substituents is 1. The minimum absolute atomic E-state index is 0.0668. The molecule has 1 aromatic carbocycles. The summed E-state index contributed by atoms with van der Waals surface area (Å²) in [6, 6.07) is 7.20. The number of non-ortho nitro benzene ring substituents is 1. The van der Waals surface area contributed by atoms with Crippen LogP contribution in [0.4, 0.5) is 10.5 Å². The molecule has 0 radical (unpaired) electrons. The molecular formula is C13H12N4O4S. The van der Waals surface area contributed by atoms with Gasteiger partial charge in [-0.15, -0.1) is 11.8 Å². The second-order valence-electron chi connectivity index (χ2n) is 4.08. The first-order valence-electron chi connectivity index (χ1n) is 6.08. The van der Waals surface area contributed by atoms with E-state index in [9.17, 15) is 14.9 Å². The molecule has 2 amide bonds. The van der Waals surface area contributed by atoms with Gasteiger partial charge in [-0.3, -0.25) is 10.1 Å². The molecule has 2 rings (SSSR count). The van der Waals surface area contributed by atoms with Crippen molar-refractivity contribution in [1.29, 1.82) is 0 Å². The van der Waals surface area contributed by atoms with Crippen LogP contribution in [-0.4, -0.2) is 17.2 Å². The largest absolute Gasteiger partial charge is 0.468 e. The highest BCUT2D eigenvalue weighted by Gasteiger charge is 2.11. The maximum atomic E-state index is 10.8. The van der Waals surface area contributed by atoms with Crippen molar-refractivity contribution in [2.45, 2.75) is 10.6 Å². The number of benzene rings is 1. The van der Waals surface area contributed by atoms with Crippen molar-refractivity contribution >= 4 is 29.7 Å². The predicted molar refractivity (Wildman–Crippen MR) is 81.7 cm³/mol. The topological polar surface area (TPSA) is 124 Å². The van der Waals surface area contributed by atoms with Crippen LogP contribution in [0.1, 0.15) is 11.3 Å². The van der Waals surface area contributed by atoms with Crippen LogP contribution in [0, 0.1) is 10.1 Å². The van der Waals surface area contributed by atoms with Gasteiger partial charge in [0.25, 0.3) is 5.69 Å². The van der Waals surface area contributed by atoms with E-state index in [-0.39, 0.29) is 5.69 Å². The lowest BCUT2D eigenvalue weighted by molar-refractivity contribution is -0.384. The van der Waals surface area contributed by atoms with Crippen LogP contribution in [0.2, 0.25) is 0 Å². The molecule has 0 saturated heterocycles. The Labute approximate surface area is 129 Å². The highest BCUT2D eigenvalue weighted by Crippen LogP contribution is 2.28. The number of hydrogen-bond donors (Lipinski definition) is 2. The second-order valence-corrected chi connectivity index (χ2v) is 5.10. The summed E-state index contributed by atoms with van der Waals surface area (Å²) in [4.78, 5) is 21.7. The SMILES string of the molecule is NC(=O)NN=Cc1cc([N+](=O)[O-])ccc1SCc1ccco1. The monoisotopic (exact) mass is 320 g/mol. The smallest absolute Gasteiger partial charge is 0.332 e. The van der Waals surface area contributed by atoms with Gasteiger partial charge in [0.1, 0.15) is 5.76 Å². The average molecular weight is 320 g/mol. The van der Waals surface area contributed by atoms with Gasteiger partial charge in [0.15, 0.2) is 0 Å². The van der Waals surface area contributed by atoms with Gasteiger partial charge in [-0.05, 0) is 18.2 Å². The minimum atomic E-state index is -0.813. The molecule has 0 aliphatic rings. The Morgan fingerprint density at radius 1 is 1.50 bits per heavy atom. The third-order valence-corrected chi connectivity index (χ3v) is 3.64. The van der Waals surface area contributed by atoms with Crippen molar-refractivity contribution in [2.24, 2.45) is 10.8 Å². The van der Waals surface area contributed by atoms with Gasteiger partial charge < -0.3 is 10.2 Å². The summed E-state index contributed by atoms with van der Waals surface area (Å²) in [5.41, 5.74) is 7.39. The Morgan fingerprint density at radius 2 is 2.32 bits per heavy atom. The zero-order valence-corrected chi connectivity index (χ0v) is 12.1. The molecule has 22 heavy (non-hydrogen) atoms. The molecule has 1 heterocycles. The molecule has 1 aromatic heterocycles. The predicted octanol–water partition coefficient (Wildman–Crippen LogP) is 2.48. The van der Waals surface area contributed by atoms with Crippen LogP contribution in [0.15, 0.2) is 51.0 Å². The molecule has 0 aliphatic heterocycles. The molecule has 0 aliphatic carbocycles. The number of carbonyl (C=O) groups is 1. The maximum Gasteiger partial charge on any atom is 0.332 e. The number of hydrogen-bond acceptors (Lipinski definition) is 6. The van der Waals surface area contributed by atoms with Crippen molar-refractivity contribution in [3.8, 4) is 0 Å². The molecular weight excluding hydrogens is 308 g/mol. The number of nitrogens with one attached hydrogen (secondary N) is 1. The molecule has 114 valence electrons. The third-order valence-electron chi connectivity index (χ3n) is 2.53. The lowest BCUT2D eigenvalue weighted by Crippen LogP contribution is -2.24. The van der Waals surface area contributed by atoms with E-state index in [0.29, 0.717) is 11.3 Å². The summed E-state index contributed by atoms with van der Waals surface area (Å²) in [6.45, 7) is 0. The molecule has 0 atom stereocenters. The van der Waals surface area contributed by atoms with Crippen molar-refractivity contribution in [1.82, 2.24) is 5.43 Å². The summed E-state index contributed by atoms with van der Waals surface area (Å²) in [5, 5.41) is 14.5. The standard InChI is InChI=1S/C13H12N4O4S/c14-13(18)16-15-7-9-6-10(17(19)20)3-4-12(9)22-8-11-2-1-5-21-11/h1-7H,8H2,(H3,14,16,18). The van der Waals surface area contributed by atoms with Gasteiger partial charge in [-0.1, -0.05) is 0 Å². The summed E-state index contributed by atoms with van der Waals surface area (Å²) < 4.78 is 5.23. The van der Waals surface area contributed by atoms with E-state index in [1.807, 2.05) is 6.07 Å². The van der Waals surface area contributed by atoms with Crippen LogP contribution >= 0.6 is 11.8 Å². The fourth-order valence-corrected chi connectivity index (χ4v) is 2.50. The Hall–Kier alpha value is -2.81. The molecule has 2 aromatic rings. The van der Waals surface area contributed by atoms with Crippen LogP contribution in [0.25, 0.3) is 0 Å². The number of primary amides is 1. The molecule has 0 fully saturated rings. The fraction of sp³-hybridized carbons (Fsp3) is 0.0769. The second kappa shape index (κ2) is 7.27. The molecule has 0 saturated carbocycles. The van der Waals surface area contributed by atoms with Gasteiger partial charge >= 0.3 is 6.03 Å². The van der Waals surface area contributed by atoms with Crippen molar-refractivity contribution in [3.63, 3.8) is 0 Å². The first-order chi connectivity index (χ1) is 10.6. The molecule has 0 spiro atoms. The third kappa shape index (κ3) is 4.35. The number of carbonyl (C=O) groups excluding carboxylic acids is 1. The summed E-state index contributed by atoms with van der Waals surface area (Å²) >= 11 is 1.43. The Kier molecular flexibility index (Phi) is 5.15. The molecule has 9 heteroatoms. The number of nitro groups is 1. The van der Waals surface area contributed by atoms with Crippen molar-refractivity contribution in [2.75, 3.05) is 0 Å². The molecule has 3 N–H and O–H groups in total. The van der Waals surface area contributed by atoms with Gasteiger partial charge in [0.05, 0.1) is 23.2 Å². The van der Waals surface area contributed by atoms with Gasteiger partial charge in [0, 0.05) is 22.6 Å². The fourth-order valence-electron chi connectivity index (χ4n) is 1.59. The maximum absolute atomic E-state index is 10.8. The number of furan rings is 1. The number of thioether (sulfide) groups is 1. The zero-order chi connectivity index (χ0) is 15.9. The van der Waals surface area contributed by atoms with E-state index in [1.165, 1.54) is 30.1 Å². The highest BCUT2D eigenvalue weighted by atomic mass is 32.2. The lowest BCUT2D eigenvalue weighted by Gasteiger charge is -2.04. The molecule has 8 nitrogen and oxygen atoms in total. The molecule has 0 unspecified atom stereocenters. The van der Waals surface area contributed by atoms with Crippen LogP contribution in [0.3, 0.4) is 0 Å². The summed E-state index contributed by atoms with van der Waals surface area (Å²) in [6.07, 6.45) is 2.88. The number of urea groups is 1. The average Bonchev–Trinajstić information content (AvgIpc) is 2.98. The Balaban J connectivity index is 2.20. The zero-order valence-electron chi connectivity index (χ0n) is 11.3. The van der Waals surface area contributed by atoms with E-state index in [2.05, 4.69) is 10.5 Å². The first-order valence-corrected chi connectivity index (χ1v) is 7.07. The summed E-state index contributed by atoms with van der Waals surface area (Å²) in [7, 11) is 0. The summed E-state index contributed by atoms with van der Waals surface area (Å²) in [5.74, 6) is 1.34. The van der Waals surface area contributed by atoms with Crippen LogP contribution in [0.5, 0.6) is 0 Å². The highest BCUT2D eigenvalue weighted by molar-refractivity contribution is 7.98. The number of nitrogens with two attached hydrogens (primary N) is 1. The number of rotatable bonds is 6. The van der Waals surface area contributed by atoms with Gasteiger partial charge in [-0.2, -0.15) is 5.10 Å². The van der Waals surface area contributed by atoms with Crippen molar-refractivity contribution in [3.05, 3.63) is 58.0 Å². The quantitative estimate of drug-likeness (QED) is 0.366. The van der Waals surface area contributed by atoms with Gasteiger partial charge in [-0.25, -0.2) is 10.2 Å². The Bertz CT molecular complexity index is 700. The minimum Gasteiger partial charge on any atom is -0.468 e. The van der Waals surface area contributed by atoms with Crippen LogP contribution < -0.4 is 11.2 Å². The van der Waals surface area contributed by atoms with E-state index in [1.54, 1.807) is 18.4 Å². The van der Waals surface area contributed by atoms with E-state index < -0.39 is 11.0 Å². The number of hydrazone groups is 1. The van der Waals surface area contributed by atoms with Gasteiger partial charge in [0.2, 0.25) is 0 Å². The molecule has 0 bridgehead atoms. The number of amides is 2. The van der Waals surface area contributed by atoms with E-state index >= 15 is 0 Å².